The molecule has 1 rings (SSSR count). The van der Waals surface area contributed by atoms with Crippen LogP contribution in [0.25, 0.3) is 0 Å². The van der Waals surface area contributed by atoms with E-state index in [4.69, 9.17) is 0 Å². The van der Waals surface area contributed by atoms with Gasteiger partial charge in [0.2, 0.25) is 0 Å². The van der Waals surface area contributed by atoms with Crippen LogP contribution in [-0.4, -0.2) is 13.2 Å². The van der Waals surface area contributed by atoms with E-state index in [-0.39, 0.29) is 11.8 Å². The molecule has 4 heteroatoms. The third-order valence-corrected chi connectivity index (χ3v) is 2.55. The van der Waals surface area contributed by atoms with Crippen molar-refractivity contribution in [1.29, 1.82) is 0 Å². The van der Waals surface area contributed by atoms with E-state index in [0.29, 0.717) is 0 Å². The Morgan fingerprint density at radius 3 is 2.65 bits per heavy atom. The second-order valence-corrected chi connectivity index (χ2v) is 4.10. The molecule has 0 amide bonds. The summed E-state index contributed by atoms with van der Waals surface area (Å²) >= 11 is 0. The molecule has 0 spiro atoms. The maximum atomic E-state index is 12.3. The first-order valence-electron chi connectivity index (χ1n) is 5.83. The minimum Gasteiger partial charge on any atom is -0.434 e. The molecular weight excluding hydrogens is 224 g/mol. The van der Waals surface area contributed by atoms with Crippen LogP contribution in [0.5, 0.6) is 5.75 Å². The van der Waals surface area contributed by atoms with Crippen molar-refractivity contribution in [3.05, 3.63) is 29.3 Å². The predicted molar refractivity (Wildman–Crippen MR) is 64.5 cm³/mol. The second kappa shape index (κ2) is 6.55. The van der Waals surface area contributed by atoms with Crippen LogP contribution in [0.4, 0.5) is 8.78 Å². The van der Waals surface area contributed by atoms with Crippen LogP contribution in [-0.2, 0) is 0 Å². The van der Waals surface area contributed by atoms with Crippen molar-refractivity contribution in [3.8, 4) is 5.75 Å². The van der Waals surface area contributed by atoms with Gasteiger partial charge < -0.3 is 10.1 Å². The molecule has 17 heavy (non-hydrogen) atoms. The maximum Gasteiger partial charge on any atom is 0.387 e. The number of halogens is 2. The lowest BCUT2D eigenvalue weighted by atomic mass is 10.0. The van der Waals surface area contributed by atoms with Gasteiger partial charge in [-0.15, -0.1) is 0 Å². The Kier molecular flexibility index (Phi) is 5.35. The molecule has 1 N–H and O–H groups in total. The molecule has 1 aromatic rings. The lowest BCUT2D eigenvalue weighted by Crippen LogP contribution is -2.20. The van der Waals surface area contributed by atoms with Gasteiger partial charge in [-0.1, -0.05) is 19.1 Å². The molecule has 0 radical (unpaired) electrons. The summed E-state index contributed by atoms with van der Waals surface area (Å²) in [4.78, 5) is 0. The highest BCUT2D eigenvalue weighted by Crippen LogP contribution is 2.27. The molecule has 0 heterocycles. The number of ether oxygens (including phenoxy) is 1. The second-order valence-electron chi connectivity index (χ2n) is 4.10. The first kappa shape index (κ1) is 13.9. The summed E-state index contributed by atoms with van der Waals surface area (Å²) in [7, 11) is 0. The predicted octanol–water partition coefficient (Wildman–Crippen LogP) is 3.66. The number of alkyl halides is 2. The van der Waals surface area contributed by atoms with Crippen molar-refractivity contribution < 1.29 is 13.5 Å². The Morgan fingerprint density at radius 2 is 2.06 bits per heavy atom. The molecule has 0 fully saturated rings. The minimum absolute atomic E-state index is 0.00398. The van der Waals surface area contributed by atoms with Crippen molar-refractivity contribution in [2.45, 2.75) is 39.8 Å². The fraction of sp³-hybridized carbons (Fsp3) is 0.538. The molecule has 0 aliphatic rings. The topological polar surface area (TPSA) is 21.3 Å². The van der Waals surface area contributed by atoms with Crippen LogP contribution < -0.4 is 10.1 Å². The van der Waals surface area contributed by atoms with Gasteiger partial charge in [0.15, 0.2) is 0 Å². The third-order valence-electron chi connectivity index (χ3n) is 2.55. The van der Waals surface area contributed by atoms with Crippen LogP contribution >= 0.6 is 0 Å². The maximum absolute atomic E-state index is 12.3. The summed E-state index contributed by atoms with van der Waals surface area (Å²) in [5, 5.41) is 3.26. The summed E-state index contributed by atoms with van der Waals surface area (Å²) in [5.41, 5.74) is 1.68. The minimum atomic E-state index is -2.78. The van der Waals surface area contributed by atoms with Crippen molar-refractivity contribution >= 4 is 0 Å². The van der Waals surface area contributed by atoms with Gasteiger partial charge in [0.1, 0.15) is 5.75 Å². The van der Waals surface area contributed by atoms with Crippen LogP contribution in [0.15, 0.2) is 18.2 Å². The molecule has 0 aromatic heterocycles. The van der Waals surface area contributed by atoms with Gasteiger partial charge in [0, 0.05) is 11.6 Å². The van der Waals surface area contributed by atoms with Gasteiger partial charge in [-0.05, 0) is 38.4 Å². The fourth-order valence-corrected chi connectivity index (χ4v) is 1.67. The third kappa shape index (κ3) is 4.30. The van der Waals surface area contributed by atoms with E-state index in [2.05, 4.69) is 17.0 Å². The Hall–Kier alpha value is -1.16. The van der Waals surface area contributed by atoms with E-state index in [1.807, 2.05) is 26.0 Å². The number of hydrogen-bond donors (Lipinski definition) is 1. The molecule has 0 saturated heterocycles. The van der Waals surface area contributed by atoms with Crippen LogP contribution in [0.2, 0.25) is 0 Å². The van der Waals surface area contributed by atoms with Gasteiger partial charge in [-0.3, -0.25) is 0 Å². The van der Waals surface area contributed by atoms with Gasteiger partial charge in [-0.25, -0.2) is 0 Å². The Morgan fingerprint density at radius 1 is 1.35 bits per heavy atom. The molecule has 0 saturated carbocycles. The van der Waals surface area contributed by atoms with E-state index < -0.39 is 6.61 Å². The molecular formula is C13H19F2NO. The molecule has 1 atom stereocenters. The van der Waals surface area contributed by atoms with E-state index in [0.717, 1.165) is 24.1 Å². The van der Waals surface area contributed by atoms with Crippen molar-refractivity contribution in [3.63, 3.8) is 0 Å². The Bertz CT molecular complexity index is 355. The Balaban J connectivity index is 2.88. The van der Waals surface area contributed by atoms with E-state index in [1.54, 1.807) is 6.07 Å². The zero-order valence-electron chi connectivity index (χ0n) is 10.5. The molecule has 2 nitrogen and oxygen atoms in total. The van der Waals surface area contributed by atoms with E-state index in [9.17, 15) is 8.78 Å². The highest BCUT2D eigenvalue weighted by molar-refractivity contribution is 5.39. The quantitative estimate of drug-likeness (QED) is 0.823. The lowest BCUT2D eigenvalue weighted by Gasteiger charge is -2.18. The van der Waals surface area contributed by atoms with E-state index in [1.165, 1.54) is 0 Å². The van der Waals surface area contributed by atoms with Gasteiger partial charge >= 0.3 is 6.61 Å². The fourth-order valence-electron chi connectivity index (χ4n) is 1.67. The number of benzene rings is 1. The zero-order valence-corrected chi connectivity index (χ0v) is 10.5. The van der Waals surface area contributed by atoms with Crippen molar-refractivity contribution in [1.82, 2.24) is 5.32 Å². The normalized spacial score (nSPS) is 12.8. The largest absolute Gasteiger partial charge is 0.434 e. The first-order chi connectivity index (χ1) is 8.04. The average molecular weight is 243 g/mol. The van der Waals surface area contributed by atoms with Crippen molar-refractivity contribution in [2.24, 2.45) is 0 Å². The average Bonchev–Trinajstić information content (AvgIpc) is 2.25. The molecule has 1 unspecified atom stereocenters. The highest BCUT2D eigenvalue weighted by atomic mass is 19.3. The van der Waals surface area contributed by atoms with Crippen LogP contribution in [0.3, 0.4) is 0 Å². The summed E-state index contributed by atoms with van der Waals surface area (Å²) in [6, 6.07) is 5.38. The summed E-state index contributed by atoms with van der Waals surface area (Å²) in [5.74, 6) is 0.260. The molecule has 0 aliphatic carbocycles. The van der Waals surface area contributed by atoms with Crippen LogP contribution in [0.1, 0.15) is 37.4 Å². The zero-order chi connectivity index (χ0) is 12.8. The number of rotatable bonds is 6. The molecule has 96 valence electrons. The first-order valence-corrected chi connectivity index (χ1v) is 5.83. The highest BCUT2D eigenvalue weighted by Gasteiger charge is 2.14. The SMILES string of the molecule is CCCNC(C)c1ccc(C)cc1OC(F)F. The summed E-state index contributed by atoms with van der Waals surface area (Å²) < 4.78 is 29.2. The van der Waals surface area contributed by atoms with E-state index >= 15 is 0 Å². The van der Waals surface area contributed by atoms with Crippen LogP contribution in [0, 0.1) is 6.92 Å². The monoisotopic (exact) mass is 243 g/mol. The number of nitrogens with one attached hydrogen (secondary N) is 1. The molecule has 0 aliphatic heterocycles. The molecule has 1 aromatic carbocycles. The summed E-state index contributed by atoms with van der Waals surface area (Å²) in [6.45, 7) is 3.92. The smallest absolute Gasteiger partial charge is 0.387 e. The van der Waals surface area contributed by atoms with Gasteiger partial charge in [-0.2, -0.15) is 8.78 Å². The van der Waals surface area contributed by atoms with Gasteiger partial charge in [0.25, 0.3) is 0 Å². The summed E-state index contributed by atoms with van der Waals surface area (Å²) in [6.07, 6.45) is 1.00. The van der Waals surface area contributed by atoms with Gasteiger partial charge in [0.05, 0.1) is 0 Å². The van der Waals surface area contributed by atoms with Crippen molar-refractivity contribution in [2.75, 3.05) is 6.54 Å². The lowest BCUT2D eigenvalue weighted by molar-refractivity contribution is -0.0506. The number of aryl methyl sites for hydroxylation is 1. The molecule has 0 bridgehead atoms. The Labute approximate surface area is 101 Å². The standard InChI is InChI=1S/C13H19F2NO/c1-4-7-16-10(3)11-6-5-9(2)8-12(11)17-13(14)15/h5-6,8,10,13,16H,4,7H2,1-3H3. The number of hydrogen-bond acceptors (Lipinski definition) is 2.